The van der Waals surface area contributed by atoms with Crippen LogP contribution in [0.1, 0.15) is 17.2 Å². The largest absolute Gasteiger partial charge is 0.508 e. The third kappa shape index (κ3) is 3.02. The molecule has 1 heterocycles. The average molecular weight is 311 g/mol. The third-order valence-corrected chi connectivity index (χ3v) is 3.81. The number of carbonyl (C=O) groups is 2. The Morgan fingerprint density at radius 1 is 1.17 bits per heavy atom. The molecule has 1 aliphatic heterocycles. The molecule has 118 valence electrons. The number of aryl methyl sites for hydroxylation is 1. The molecule has 3 rings (SSSR count). The Kier molecular flexibility index (Phi) is 3.99. The second-order valence-electron chi connectivity index (χ2n) is 5.51. The molecule has 1 saturated heterocycles. The van der Waals surface area contributed by atoms with Crippen molar-refractivity contribution in [2.75, 3.05) is 5.32 Å². The molecule has 0 saturated carbocycles. The summed E-state index contributed by atoms with van der Waals surface area (Å²) in [6.45, 7) is 1.92. The highest BCUT2D eigenvalue weighted by Crippen LogP contribution is 2.32. The van der Waals surface area contributed by atoms with E-state index in [0.717, 1.165) is 5.56 Å². The van der Waals surface area contributed by atoms with Gasteiger partial charge in [0.1, 0.15) is 11.7 Å². The summed E-state index contributed by atoms with van der Waals surface area (Å²) < 4.78 is 0. The fraction of sp³-hybridized carbons (Fsp3) is 0.176. The maximum atomic E-state index is 12.5. The van der Waals surface area contributed by atoms with Gasteiger partial charge in [-0.05, 0) is 30.7 Å². The molecule has 2 aromatic rings. The lowest BCUT2D eigenvalue weighted by atomic mass is 9.93. The Hall–Kier alpha value is -2.86. The zero-order valence-electron chi connectivity index (χ0n) is 12.5. The smallest absolute Gasteiger partial charge is 0.248 e. The van der Waals surface area contributed by atoms with Crippen LogP contribution in [0.4, 0.5) is 5.69 Å². The first kappa shape index (κ1) is 15.1. The number of hydrazine groups is 1. The lowest BCUT2D eigenvalue weighted by molar-refractivity contribution is -0.130. The Morgan fingerprint density at radius 3 is 2.70 bits per heavy atom. The molecule has 1 fully saturated rings. The second kappa shape index (κ2) is 6.10. The van der Waals surface area contributed by atoms with Crippen molar-refractivity contribution in [3.05, 3.63) is 59.7 Å². The number of carbonyl (C=O) groups excluding carboxylic acids is 2. The van der Waals surface area contributed by atoms with Crippen LogP contribution in [-0.4, -0.2) is 16.9 Å². The minimum Gasteiger partial charge on any atom is -0.508 e. The van der Waals surface area contributed by atoms with Crippen LogP contribution in [0.2, 0.25) is 0 Å². The molecule has 0 radical (unpaired) electrons. The first-order valence-corrected chi connectivity index (χ1v) is 7.27. The van der Waals surface area contributed by atoms with Crippen LogP contribution in [0.3, 0.4) is 0 Å². The summed E-state index contributed by atoms with van der Waals surface area (Å²) in [5.41, 5.74) is 7.37. The van der Waals surface area contributed by atoms with Crippen LogP contribution < -0.4 is 16.2 Å². The second-order valence-corrected chi connectivity index (χ2v) is 5.51. The van der Waals surface area contributed by atoms with E-state index in [9.17, 15) is 14.7 Å². The van der Waals surface area contributed by atoms with Gasteiger partial charge in [-0.3, -0.25) is 15.0 Å². The van der Waals surface area contributed by atoms with Crippen molar-refractivity contribution in [3.8, 4) is 5.75 Å². The molecule has 2 aromatic carbocycles. The van der Waals surface area contributed by atoms with Crippen LogP contribution in [-0.2, 0) is 9.59 Å². The van der Waals surface area contributed by atoms with E-state index in [4.69, 9.17) is 0 Å². The van der Waals surface area contributed by atoms with Crippen LogP contribution in [0, 0.1) is 12.8 Å². The molecule has 23 heavy (non-hydrogen) atoms. The van der Waals surface area contributed by atoms with Gasteiger partial charge in [-0.2, -0.15) is 0 Å². The number of rotatable bonds is 3. The first-order chi connectivity index (χ1) is 11.1. The van der Waals surface area contributed by atoms with Crippen molar-refractivity contribution in [3.63, 3.8) is 0 Å². The molecule has 0 aliphatic carbocycles. The first-order valence-electron chi connectivity index (χ1n) is 7.27. The van der Waals surface area contributed by atoms with Gasteiger partial charge in [-0.15, -0.1) is 0 Å². The van der Waals surface area contributed by atoms with Gasteiger partial charge in [0, 0.05) is 11.3 Å². The monoisotopic (exact) mass is 311 g/mol. The molecule has 0 aromatic heterocycles. The normalized spacial score (nSPS) is 20.1. The minimum atomic E-state index is -0.969. The highest BCUT2D eigenvalue weighted by molar-refractivity contribution is 6.08. The van der Waals surface area contributed by atoms with Gasteiger partial charge < -0.3 is 10.4 Å². The van der Waals surface area contributed by atoms with Gasteiger partial charge in [0.05, 0.1) is 6.04 Å². The number of nitrogens with one attached hydrogen (secondary N) is 3. The standard InChI is InChI=1S/C17H17N3O3/c1-10-5-4-6-11(9-10)18-16(22)14-15(19-20-17(14)23)12-7-2-3-8-13(12)21/h2-9,14-15,19,21H,1H3,(H,18,22)(H,20,23)/t14-,15-/m0/s1. The van der Waals surface area contributed by atoms with E-state index in [-0.39, 0.29) is 5.75 Å². The lowest BCUT2D eigenvalue weighted by Crippen LogP contribution is -2.32. The van der Waals surface area contributed by atoms with Gasteiger partial charge >= 0.3 is 0 Å². The van der Waals surface area contributed by atoms with E-state index in [1.165, 1.54) is 6.07 Å². The van der Waals surface area contributed by atoms with Gasteiger partial charge in [-0.25, -0.2) is 5.43 Å². The zero-order valence-corrected chi connectivity index (χ0v) is 12.5. The van der Waals surface area contributed by atoms with Crippen molar-refractivity contribution in [1.82, 2.24) is 10.9 Å². The fourth-order valence-corrected chi connectivity index (χ4v) is 2.68. The van der Waals surface area contributed by atoms with Crippen molar-refractivity contribution >= 4 is 17.5 Å². The molecule has 1 aliphatic rings. The van der Waals surface area contributed by atoms with E-state index < -0.39 is 23.8 Å². The van der Waals surface area contributed by atoms with Crippen molar-refractivity contribution in [2.24, 2.45) is 5.92 Å². The molecule has 0 unspecified atom stereocenters. The summed E-state index contributed by atoms with van der Waals surface area (Å²) in [4.78, 5) is 24.6. The van der Waals surface area contributed by atoms with Gasteiger partial charge in [0.25, 0.3) is 0 Å². The van der Waals surface area contributed by atoms with Crippen molar-refractivity contribution < 1.29 is 14.7 Å². The molecule has 2 amide bonds. The van der Waals surface area contributed by atoms with Crippen LogP contribution in [0.25, 0.3) is 0 Å². The van der Waals surface area contributed by atoms with E-state index in [1.807, 2.05) is 25.1 Å². The Bertz CT molecular complexity index is 760. The molecule has 6 heteroatoms. The maximum absolute atomic E-state index is 12.5. The van der Waals surface area contributed by atoms with E-state index in [0.29, 0.717) is 11.3 Å². The molecule has 0 bridgehead atoms. The topological polar surface area (TPSA) is 90.5 Å². The summed E-state index contributed by atoms with van der Waals surface area (Å²) in [7, 11) is 0. The third-order valence-electron chi connectivity index (χ3n) is 3.81. The molecule has 0 spiro atoms. The lowest BCUT2D eigenvalue weighted by Gasteiger charge is -2.18. The number of para-hydroxylation sites is 1. The number of phenols is 1. The molecule has 2 atom stereocenters. The number of hydrogen-bond acceptors (Lipinski definition) is 4. The van der Waals surface area contributed by atoms with Crippen LogP contribution >= 0.6 is 0 Å². The average Bonchev–Trinajstić information content (AvgIpc) is 2.89. The highest BCUT2D eigenvalue weighted by Gasteiger charge is 2.42. The van der Waals surface area contributed by atoms with Crippen molar-refractivity contribution in [2.45, 2.75) is 13.0 Å². The SMILES string of the molecule is Cc1cccc(NC(=O)[C@H]2C(=O)NN[C@H]2c2ccccc2O)c1. The van der Waals surface area contributed by atoms with Gasteiger partial charge in [0.2, 0.25) is 11.8 Å². The highest BCUT2D eigenvalue weighted by atomic mass is 16.3. The minimum absolute atomic E-state index is 0.0369. The van der Waals surface area contributed by atoms with Crippen LogP contribution in [0.15, 0.2) is 48.5 Å². The number of hydrogen-bond donors (Lipinski definition) is 4. The Balaban J connectivity index is 1.85. The van der Waals surface area contributed by atoms with E-state index in [2.05, 4.69) is 16.2 Å². The number of aromatic hydroxyl groups is 1. The maximum Gasteiger partial charge on any atom is 0.248 e. The number of amides is 2. The van der Waals surface area contributed by atoms with E-state index >= 15 is 0 Å². The predicted octanol–water partition coefficient (Wildman–Crippen LogP) is 1.63. The summed E-state index contributed by atoms with van der Waals surface area (Å²) in [6, 6.07) is 13.3. The summed E-state index contributed by atoms with van der Waals surface area (Å²) in [5.74, 6) is -1.78. The van der Waals surface area contributed by atoms with Gasteiger partial charge in [-0.1, -0.05) is 30.3 Å². The van der Waals surface area contributed by atoms with E-state index in [1.54, 1.807) is 24.3 Å². The summed E-state index contributed by atoms with van der Waals surface area (Å²) in [6.07, 6.45) is 0. The Labute approximate surface area is 133 Å². The van der Waals surface area contributed by atoms with Crippen LogP contribution in [0.5, 0.6) is 5.75 Å². The van der Waals surface area contributed by atoms with Crippen molar-refractivity contribution in [1.29, 1.82) is 0 Å². The van der Waals surface area contributed by atoms with Gasteiger partial charge in [0.15, 0.2) is 0 Å². The number of benzene rings is 2. The molecular weight excluding hydrogens is 294 g/mol. The fourth-order valence-electron chi connectivity index (χ4n) is 2.68. The number of phenolic OH excluding ortho intramolecular Hbond substituents is 1. The Morgan fingerprint density at radius 2 is 1.96 bits per heavy atom. The summed E-state index contributed by atoms with van der Waals surface area (Å²) >= 11 is 0. The molecular formula is C17H17N3O3. The summed E-state index contributed by atoms with van der Waals surface area (Å²) in [5, 5.41) is 12.7. The molecule has 6 nitrogen and oxygen atoms in total. The number of anilines is 1. The quantitative estimate of drug-likeness (QED) is 0.649. The molecule has 4 N–H and O–H groups in total. The predicted molar refractivity (Wildman–Crippen MR) is 85.4 cm³/mol. The zero-order chi connectivity index (χ0) is 16.4.